The lowest BCUT2D eigenvalue weighted by atomic mass is 9.93. The zero-order chi connectivity index (χ0) is 26.8. The van der Waals surface area contributed by atoms with Crippen molar-refractivity contribution in [2.24, 2.45) is 0 Å². The van der Waals surface area contributed by atoms with Crippen molar-refractivity contribution in [2.75, 3.05) is 28.4 Å². The molecule has 0 saturated heterocycles. The number of carboxylic acids is 1. The van der Waals surface area contributed by atoms with Crippen LogP contribution in [0.1, 0.15) is 16.1 Å². The van der Waals surface area contributed by atoms with E-state index in [-0.39, 0.29) is 5.56 Å². The molecule has 3 aromatic carbocycles. The molecular formula is C28H24N2O6S2. The predicted molar refractivity (Wildman–Crippen MR) is 150 cm³/mol. The van der Waals surface area contributed by atoms with E-state index in [1.807, 2.05) is 30.3 Å². The lowest BCUT2D eigenvalue weighted by Gasteiger charge is -2.18. The van der Waals surface area contributed by atoms with Gasteiger partial charge in [0.25, 0.3) is 0 Å². The Balaban J connectivity index is 1.73. The maximum Gasteiger partial charge on any atom is 0.338 e. The third-order valence-corrected chi connectivity index (χ3v) is 8.25. The fourth-order valence-corrected chi connectivity index (χ4v) is 6.32. The van der Waals surface area contributed by atoms with Crippen molar-refractivity contribution in [3.63, 3.8) is 0 Å². The molecule has 2 aromatic heterocycles. The Morgan fingerprint density at radius 2 is 1.53 bits per heavy atom. The molecule has 5 rings (SSSR count). The van der Waals surface area contributed by atoms with Crippen molar-refractivity contribution in [1.82, 2.24) is 9.97 Å². The average molecular weight is 549 g/mol. The van der Waals surface area contributed by atoms with Gasteiger partial charge in [0, 0.05) is 22.8 Å². The molecule has 0 aliphatic carbocycles. The van der Waals surface area contributed by atoms with Crippen molar-refractivity contribution in [3.05, 3.63) is 65.9 Å². The predicted octanol–water partition coefficient (Wildman–Crippen LogP) is 6.54. The molecule has 0 atom stereocenters. The summed E-state index contributed by atoms with van der Waals surface area (Å²) in [5.41, 5.74) is 3.16. The van der Waals surface area contributed by atoms with Gasteiger partial charge < -0.3 is 24.1 Å². The number of aromatic carboxylic acids is 1. The van der Waals surface area contributed by atoms with Gasteiger partial charge in [0.2, 0.25) is 0 Å². The molecule has 38 heavy (non-hydrogen) atoms. The standard InChI is InChI=1S/C28H24N2O6S2/c1-33-20-10-9-15(11-21(20)34-2)25-16-12-22(35-3)23(36-4)13-18(16)29-19(26(25)27(31)32)14-37-28-30-17-7-5-6-8-24(17)38-28/h5-13H,14H2,1-4H3,(H,31,32). The lowest BCUT2D eigenvalue weighted by Crippen LogP contribution is -2.08. The molecule has 0 aliphatic heterocycles. The van der Waals surface area contributed by atoms with Gasteiger partial charge in [-0.15, -0.1) is 11.3 Å². The highest BCUT2D eigenvalue weighted by Crippen LogP contribution is 2.42. The third-order valence-electron chi connectivity index (χ3n) is 6.06. The van der Waals surface area contributed by atoms with Crippen LogP contribution in [0.2, 0.25) is 0 Å². The minimum absolute atomic E-state index is 0.102. The molecule has 5 aromatic rings. The van der Waals surface area contributed by atoms with E-state index < -0.39 is 5.97 Å². The number of thiazole rings is 1. The van der Waals surface area contributed by atoms with Gasteiger partial charge in [0.1, 0.15) is 0 Å². The molecule has 10 heteroatoms. The van der Waals surface area contributed by atoms with Crippen LogP contribution in [0.25, 0.3) is 32.2 Å². The Kier molecular flexibility index (Phi) is 7.26. The number of carboxylic acid groups (broad SMARTS) is 1. The van der Waals surface area contributed by atoms with E-state index in [1.54, 1.807) is 56.9 Å². The van der Waals surface area contributed by atoms with E-state index in [4.69, 9.17) is 23.9 Å². The summed E-state index contributed by atoms with van der Waals surface area (Å²) < 4.78 is 23.8. The van der Waals surface area contributed by atoms with Gasteiger partial charge in [-0.2, -0.15) is 0 Å². The average Bonchev–Trinajstić information content (AvgIpc) is 3.37. The summed E-state index contributed by atoms with van der Waals surface area (Å²) in [7, 11) is 6.18. The van der Waals surface area contributed by atoms with E-state index >= 15 is 0 Å². The largest absolute Gasteiger partial charge is 0.493 e. The Hall–Kier alpha value is -4.02. The van der Waals surface area contributed by atoms with Crippen LogP contribution in [0.15, 0.2) is 58.9 Å². The zero-order valence-corrected chi connectivity index (χ0v) is 22.7. The van der Waals surface area contributed by atoms with Crippen LogP contribution in [-0.2, 0) is 5.75 Å². The van der Waals surface area contributed by atoms with Crippen molar-refractivity contribution in [1.29, 1.82) is 0 Å². The van der Waals surface area contributed by atoms with Gasteiger partial charge in [0.05, 0.1) is 55.4 Å². The number of thioether (sulfide) groups is 1. The van der Waals surface area contributed by atoms with Gasteiger partial charge in [-0.1, -0.05) is 30.0 Å². The van der Waals surface area contributed by atoms with E-state index in [9.17, 15) is 9.90 Å². The van der Waals surface area contributed by atoms with Gasteiger partial charge in [-0.3, -0.25) is 4.98 Å². The molecule has 0 unspecified atom stereocenters. The Morgan fingerprint density at radius 1 is 0.842 bits per heavy atom. The number of hydrogen-bond acceptors (Lipinski definition) is 9. The van der Waals surface area contributed by atoms with Crippen molar-refractivity contribution < 1.29 is 28.8 Å². The number of para-hydroxylation sites is 1. The number of benzene rings is 3. The summed E-state index contributed by atoms with van der Waals surface area (Å²) in [4.78, 5) is 22.3. The van der Waals surface area contributed by atoms with Crippen LogP contribution in [0.5, 0.6) is 23.0 Å². The summed E-state index contributed by atoms with van der Waals surface area (Å²) in [6.07, 6.45) is 0. The first-order valence-corrected chi connectivity index (χ1v) is 13.3. The molecule has 8 nitrogen and oxygen atoms in total. The minimum atomic E-state index is -1.08. The maximum absolute atomic E-state index is 12.8. The SMILES string of the molecule is COc1ccc(-c2c(C(=O)O)c(CSc3nc4ccccc4s3)nc3cc(OC)c(OC)cc23)cc1OC. The summed E-state index contributed by atoms with van der Waals surface area (Å²) in [6.45, 7) is 0. The van der Waals surface area contributed by atoms with Crippen molar-refractivity contribution >= 4 is 50.2 Å². The Bertz CT molecular complexity index is 1630. The summed E-state index contributed by atoms with van der Waals surface area (Å²) >= 11 is 3.02. The second-order valence-electron chi connectivity index (χ2n) is 8.14. The van der Waals surface area contributed by atoms with Gasteiger partial charge in [-0.05, 0) is 35.9 Å². The van der Waals surface area contributed by atoms with Crippen LogP contribution in [0.3, 0.4) is 0 Å². The topological polar surface area (TPSA) is 100 Å². The normalized spacial score (nSPS) is 11.1. The zero-order valence-electron chi connectivity index (χ0n) is 21.1. The molecule has 0 fully saturated rings. The van der Waals surface area contributed by atoms with Crippen LogP contribution in [-0.4, -0.2) is 49.5 Å². The minimum Gasteiger partial charge on any atom is -0.493 e. The van der Waals surface area contributed by atoms with E-state index in [1.165, 1.54) is 18.9 Å². The number of carbonyl (C=O) groups is 1. The highest BCUT2D eigenvalue weighted by atomic mass is 32.2. The molecule has 2 heterocycles. The summed E-state index contributed by atoms with van der Waals surface area (Å²) in [5, 5.41) is 11.1. The number of nitrogens with zero attached hydrogens (tertiary/aromatic N) is 2. The highest BCUT2D eigenvalue weighted by molar-refractivity contribution is 8.00. The van der Waals surface area contributed by atoms with Crippen molar-refractivity contribution in [2.45, 2.75) is 10.1 Å². The number of fused-ring (bicyclic) bond motifs is 2. The molecule has 1 N–H and O–H groups in total. The molecule has 0 spiro atoms. The summed E-state index contributed by atoms with van der Waals surface area (Å²) in [6, 6.07) is 16.7. The second-order valence-corrected chi connectivity index (χ2v) is 10.4. The van der Waals surface area contributed by atoms with E-state index in [2.05, 4.69) is 4.98 Å². The fraction of sp³-hybridized carbons (Fsp3) is 0.179. The monoisotopic (exact) mass is 548 g/mol. The second kappa shape index (κ2) is 10.8. The Labute approximate surface area is 227 Å². The number of hydrogen-bond donors (Lipinski definition) is 1. The van der Waals surface area contributed by atoms with E-state index in [0.717, 1.165) is 14.6 Å². The molecule has 0 aliphatic rings. The van der Waals surface area contributed by atoms with Gasteiger partial charge in [-0.25, -0.2) is 9.78 Å². The fourth-order valence-electron chi connectivity index (χ4n) is 4.31. The van der Waals surface area contributed by atoms with Crippen LogP contribution < -0.4 is 18.9 Å². The van der Waals surface area contributed by atoms with E-state index in [0.29, 0.717) is 56.5 Å². The smallest absolute Gasteiger partial charge is 0.338 e. The first kappa shape index (κ1) is 25.6. The number of rotatable bonds is 9. The number of pyridine rings is 1. The number of aromatic nitrogens is 2. The molecule has 0 amide bonds. The van der Waals surface area contributed by atoms with Crippen LogP contribution >= 0.6 is 23.1 Å². The van der Waals surface area contributed by atoms with Crippen LogP contribution in [0, 0.1) is 0 Å². The molecular weight excluding hydrogens is 524 g/mol. The maximum atomic E-state index is 12.8. The first-order chi connectivity index (χ1) is 18.5. The molecule has 0 bridgehead atoms. The number of ether oxygens (including phenoxy) is 4. The molecule has 0 radical (unpaired) electrons. The van der Waals surface area contributed by atoms with Crippen molar-refractivity contribution in [3.8, 4) is 34.1 Å². The lowest BCUT2D eigenvalue weighted by molar-refractivity contribution is 0.0696. The number of methoxy groups -OCH3 is 4. The quantitative estimate of drug-likeness (QED) is 0.206. The highest BCUT2D eigenvalue weighted by Gasteiger charge is 2.25. The third kappa shape index (κ3) is 4.68. The molecule has 0 saturated carbocycles. The van der Waals surface area contributed by atoms with Crippen LogP contribution in [0.4, 0.5) is 0 Å². The molecule has 194 valence electrons. The first-order valence-electron chi connectivity index (χ1n) is 11.5. The van der Waals surface area contributed by atoms with Gasteiger partial charge in [0.15, 0.2) is 27.3 Å². The summed E-state index contributed by atoms with van der Waals surface area (Å²) in [5.74, 6) is 1.22. The van der Waals surface area contributed by atoms with Gasteiger partial charge >= 0.3 is 5.97 Å². The Morgan fingerprint density at radius 3 is 2.21 bits per heavy atom.